The fraction of sp³-hybridized carbons (Fsp3) is 0.588. The van der Waals surface area contributed by atoms with Crippen LogP contribution in [0.15, 0.2) is 18.2 Å². The van der Waals surface area contributed by atoms with Crippen LogP contribution in [-0.4, -0.2) is 82.3 Å². The van der Waals surface area contributed by atoms with Gasteiger partial charge >= 0.3 is 5.97 Å². The lowest BCUT2D eigenvalue weighted by Gasteiger charge is -2.09. The van der Waals surface area contributed by atoms with E-state index in [0.717, 1.165) is 6.07 Å². The zero-order chi connectivity index (χ0) is 22.2. The lowest BCUT2D eigenvalue weighted by molar-refractivity contribution is -0.393. The number of nitro groups is 2. The van der Waals surface area contributed by atoms with Gasteiger partial charge in [-0.05, 0) is 6.07 Å². The van der Waals surface area contributed by atoms with E-state index in [1.807, 2.05) is 0 Å². The van der Waals surface area contributed by atoms with Crippen molar-refractivity contribution in [1.29, 1.82) is 0 Å². The van der Waals surface area contributed by atoms with E-state index in [9.17, 15) is 25.0 Å². The van der Waals surface area contributed by atoms with E-state index in [1.165, 1.54) is 19.2 Å². The lowest BCUT2D eigenvalue weighted by atomic mass is 10.2. The molecule has 0 aliphatic heterocycles. The van der Waals surface area contributed by atoms with E-state index in [1.54, 1.807) is 0 Å². The second-order valence-electron chi connectivity index (χ2n) is 5.61. The van der Waals surface area contributed by atoms with Crippen molar-refractivity contribution in [1.82, 2.24) is 0 Å². The van der Waals surface area contributed by atoms with E-state index in [2.05, 4.69) is 10.1 Å². The van der Waals surface area contributed by atoms with Crippen molar-refractivity contribution >= 4 is 23.0 Å². The Kier molecular flexibility index (Phi) is 12.6. The highest BCUT2D eigenvalue weighted by Crippen LogP contribution is 2.28. The quantitative estimate of drug-likeness (QED) is 0.163. The molecule has 0 radical (unpaired) electrons. The second kappa shape index (κ2) is 15.0. The van der Waals surface area contributed by atoms with Crippen LogP contribution in [0.3, 0.4) is 0 Å². The Morgan fingerprint density at radius 3 is 2.00 bits per heavy atom. The van der Waals surface area contributed by atoms with E-state index in [4.69, 9.17) is 18.9 Å². The normalized spacial score (nSPS) is 10.6. The maximum Gasteiger partial charge on any atom is 0.331 e. The van der Waals surface area contributed by atoms with Crippen molar-refractivity contribution in [3.05, 3.63) is 38.4 Å². The van der Waals surface area contributed by atoms with Crippen molar-refractivity contribution in [2.45, 2.75) is 0 Å². The summed E-state index contributed by atoms with van der Waals surface area (Å²) >= 11 is 0. The Balaban J connectivity index is 2.03. The molecular weight excluding hydrogens is 406 g/mol. The fourth-order valence-electron chi connectivity index (χ4n) is 2.07. The maximum atomic E-state index is 11.0. The fourth-order valence-corrected chi connectivity index (χ4v) is 2.07. The predicted octanol–water partition coefficient (Wildman–Crippen LogP) is 1.15. The summed E-state index contributed by atoms with van der Waals surface area (Å²) in [6, 6.07) is 3.39. The molecule has 0 atom stereocenters. The molecule has 0 saturated carbocycles. The van der Waals surface area contributed by atoms with E-state index in [0.29, 0.717) is 33.0 Å². The molecule has 0 spiro atoms. The maximum absolute atomic E-state index is 11.0. The van der Waals surface area contributed by atoms with Gasteiger partial charge in [0.15, 0.2) is 0 Å². The van der Waals surface area contributed by atoms with Crippen LogP contribution in [0.25, 0.3) is 0 Å². The van der Waals surface area contributed by atoms with Gasteiger partial charge < -0.3 is 29.0 Å². The Hall–Kier alpha value is -2.87. The van der Waals surface area contributed by atoms with Gasteiger partial charge in [0, 0.05) is 12.6 Å². The van der Waals surface area contributed by atoms with Gasteiger partial charge in [-0.1, -0.05) is 0 Å². The standard InChI is InChI=1S/C17H25N3O10/c1-26-17(21)13-30-11-10-29-9-8-28-7-6-27-5-4-18-15-3-2-14(19(22)23)12-16(15)20(24)25/h2-3,12,18H,4-11,13H2,1H3. The van der Waals surface area contributed by atoms with Gasteiger partial charge in [-0.25, -0.2) is 4.79 Å². The van der Waals surface area contributed by atoms with Crippen LogP contribution in [0.2, 0.25) is 0 Å². The van der Waals surface area contributed by atoms with Crippen LogP contribution >= 0.6 is 0 Å². The Morgan fingerprint density at radius 2 is 1.47 bits per heavy atom. The minimum Gasteiger partial charge on any atom is -0.467 e. The first-order valence-electron chi connectivity index (χ1n) is 9.00. The largest absolute Gasteiger partial charge is 0.467 e. The van der Waals surface area contributed by atoms with Crippen LogP contribution in [0.1, 0.15) is 0 Å². The number of ether oxygens (including phenoxy) is 5. The third-order valence-electron chi connectivity index (χ3n) is 3.51. The number of esters is 1. The summed E-state index contributed by atoms with van der Waals surface area (Å²) in [5.74, 6) is -0.445. The number of benzene rings is 1. The molecule has 1 aromatic rings. The predicted molar refractivity (Wildman–Crippen MR) is 104 cm³/mol. The zero-order valence-corrected chi connectivity index (χ0v) is 16.6. The van der Waals surface area contributed by atoms with Gasteiger partial charge in [0.05, 0.1) is 69.3 Å². The number of nitro benzene ring substituents is 2. The molecule has 13 heteroatoms. The summed E-state index contributed by atoms with van der Waals surface area (Å²) in [5.41, 5.74) is -0.542. The smallest absolute Gasteiger partial charge is 0.331 e. The van der Waals surface area contributed by atoms with E-state index < -0.39 is 15.8 Å². The van der Waals surface area contributed by atoms with Crippen LogP contribution < -0.4 is 5.32 Å². The number of nitrogens with one attached hydrogen (secondary N) is 1. The highest BCUT2D eigenvalue weighted by atomic mass is 16.6. The van der Waals surface area contributed by atoms with Crippen molar-refractivity contribution in [2.75, 3.05) is 71.8 Å². The Morgan fingerprint density at radius 1 is 0.900 bits per heavy atom. The first-order valence-corrected chi connectivity index (χ1v) is 9.00. The topological polar surface area (TPSA) is 162 Å². The highest BCUT2D eigenvalue weighted by molar-refractivity contribution is 5.70. The summed E-state index contributed by atoms with van der Waals surface area (Å²) in [6.45, 7) is 2.46. The molecule has 0 fully saturated rings. The second-order valence-corrected chi connectivity index (χ2v) is 5.61. The molecule has 1 aromatic carbocycles. The van der Waals surface area contributed by atoms with Gasteiger partial charge in [0.2, 0.25) is 0 Å². The molecule has 168 valence electrons. The Labute approximate surface area is 172 Å². The number of rotatable bonds is 17. The number of anilines is 1. The minimum atomic E-state index is -0.691. The molecule has 0 amide bonds. The van der Waals surface area contributed by atoms with Gasteiger partial charge in [0.25, 0.3) is 11.4 Å². The number of non-ortho nitro benzene ring substituents is 1. The van der Waals surface area contributed by atoms with E-state index >= 15 is 0 Å². The average molecular weight is 431 g/mol. The molecule has 1 rings (SSSR count). The molecule has 0 aliphatic rings. The molecule has 0 aromatic heterocycles. The third-order valence-corrected chi connectivity index (χ3v) is 3.51. The zero-order valence-electron chi connectivity index (χ0n) is 16.6. The van der Waals surface area contributed by atoms with Crippen molar-refractivity contribution < 1.29 is 38.3 Å². The van der Waals surface area contributed by atoms with Gasteiger partial charge in [-0.2, -0.15) is 0 Å². The van der Waals surface area contributed by atoms with Crippen LogP contribution in [0.5, 0.6) is 0 Å². The summed E-state index contributed by atoms with van der Waals surface area (Å²) in [5, 5.41) is 24.6. The number of hydrogen-bond donors (Lipinski definition) is 1. The third kappa shape index (κ3) is 10.6. The monoisotopic (exact) mass is 431 g/mol. The molecule has 1 N–H and O–H groups in total. The van der Waals surface area contributed by atoms with Gasteiger partial charge in [-0.3, -0.25) is 20.2 Å². The van der Waals surface area contributed by atoms with Crippen LogP contribution in [0, 0.1) is 20.2 Å². The molecule has 0 bridgehead atoms. The molecule has 0 aliphatic carbocycles. The summed E-state index contributed by atoms with van der Waals surface area (Å²) in [6.07, 6.45) is 0. The highest BCUT2D eigenvalue weighted by Gasteiger charge is 2.18. The summed E-state index contributed by atoms with van der Waals surface area (Å²) in [7, 11) is 1.28. The van der Waals surface area contributed by atoms with E-state index in [-0.39, 0.29) is 43.4 Å². The molecular formula is C17H25N3O10. The van der Waals surface area contributed by atoms with Crippen molar-refractivity contribution in [3.63, 3.8) is 0 Å². The first-order chi connectivity index (χ1) is 14.5. The van der Waals surface area contributed by atoms with Crippen LogP contribution in [-0.2, 0) is 28.5 Å². The molecule has 0 saturated heterocycles. The number of methoxy groups -OCH3 is 1. The molecule has 13 nitrogen and oxygen atoms in total. The summed E-state index contributed by atoms with van der Waals surface area (Å²) in [4.78, 5) is 31.2. The number of nitrogens with zero attached hydrogens (tertiary/aromatic N) is 2. The summed E-state index contributed by atoms with van der Waals surface area (Å²) < 4.78 is 25.3. The number of carbonyl (C=O) groups excluding carboxylic acids is 1. The molecule has 30 heavy (non-hydrogen) atoms. The SMILES string of the molecule is COC(=O)COCCOCCOCCOCCNc1ccc([N+](=O)[O-])cc1[N+](=O)[O-]. The number of hydrogen-bond acceptors (Lipinski definition) is 11. The van der Waals surface area contributed by atoms with Gasteiger partial charge in [0.1, 0.15) is 12.3 Å². The van der Waals surface area contributed by atoms with Crippen molar-refractivity contribution in [3.8, 4) is 0 Å². The molecule has 0 heterocycles. The lowest BCUT2D eigenvalue weighted by Crippen LogP contribution is -2.16. The Bertz CT molecular complexity index is 686. The average Bonchev–Trinajstić information content (AvgIpc) is 2.73. The first kappa shape index (κ1) is 25.2. The number of carbonyl (C=O) groups is 1. The minimum absolute atomic E-state index is 0.111. The van der Waals surface area contributed by atoms with Crippen molar-refractivity contribution in [2.24, 2.45) is 0 Å². The molecule has 0 unspecified atom stereocenters. The van der Waals surface area contributed by atoms with Gasteiger partial charge in [-0.15, -0.1) is 0 Å². The van der Waals surface area contributed by atoms with Crippen LogP contribution in [0.4, 0.5) is 17.1 Å².